The van der Waals surface area contributed by atoms with Crippen LogP contribution in [0.4, 0.5) is 17.8 Å². The monoisotopic (exact) mass is 1310 g/mol. The van der Waals surface area contributed by atoms with Crippen molar-refractivity contribution in [3.63, 3.8) is 0 Å². The maximum absolute atomic E-state index is 5.58. The zero-order valence-corrected chi connectivity index (χ0v) is 51.3. The van der Waals surface area contributed by atoms with Crippen LogP contribution in [0.1, 0.15) is 33.4 Å². The molecule has 0 saturated carbocycles. The Morgan fingerprint density at radius 3 is 0.536 bits per heavy atom. The molecule has 0 aliphatic heterocycles. The van der Waals surface area contributed by atoms with Gasteiger partial charge in [-0.2, -0.15) is 0 Å². The topological polar surface area (TPSA) is 48.4 Å². The zero-order chi connectivity index (χ0) is 48.2. The third-order valence-corrected chi connectivity index (χ3v) is 23.8. The molecule has 0 saturated heterocycles. The van der Waals surface area contributed by atoms with Crippen LogP contribution >= 0.6 is 0 Å². The molecule has 360 valence electrons. The maximum atomic E-state index is 5.58. The molecule has 7 rings (SSSR count). The molecule has 12 heteroatoms. The van der Waals surface area contributed by atoms with E-state index in [2.05, 4.69) is 202 Å². The van der Waals surface area contributed by atoms with Crippen molar-refractivity contribution >= 4 is 134 Å². The number of anilines is 3. The fraction of sp³-hybridized carbons (Fsp3) is 0.316. The van der Waals surface area contributed by atoms with E-state index in [1.165, 1.54) is 60.2 Å². The van der Waals surface area contributed by atoms with Crippen LogP contribution in [0, 0.1) is 41.5 Å². The van der Waals surface area contributed by atoms with Crippen LogP contribution in [0.5, 0.6) is 0 Å². The number of rotatable bonds is 27. The molecule has 0 N–H and O–H groups in total. The molecule has 0 fully saturated rings. The van der Waals surface area contributed by atoms with Crippen molar-refractivity contribution < 1.29 is 0 Å². The molecule has 0 radical (unpaired) electrons. The Morgan fingerprint density at radius 2 is 0.391 bits per heavy atom. The molecule has 0 spiro atoms. The first kappa shape index (κ1) is 53.6. The summed E-state index contributed by atoms with van der Waals surface area (Å²) >= 11 is 2.07. The van der Waals surface area contributed by atoms with Crippen molar-refractivity contribution in [2.24, 2.45) is 0 Å². The van der Waals surface area contributed by atoms with E-state index in [1.807, 2.05) is 0 Å². The molecular formula is C57H66N6Se6. The standard InChI is InChI=1S/C57H66N6Se6/c1-43-7-19-49(20-8-43)64-37-31-61(32-38-65-50-21-9-44(2)10-22-50)55-58-56(62(33-39-66-51-23-11-45(3)12-24-51)34-40-67-52-25-13-46(4)14-26-52)60-57(59-55)63(35-41-68-53-27-15-47(5)16-28-53)36-42-69-54-29-17-48(6)18-30-54/h7-30H,31-42H2,1-6H3. The molecule has 7 aromatic rings. The second-order valence-electron chi connectivity index (χ2n) is 17.2. The fourth-order valence-electron chi connectivity index (χ4n) is 7.15. The summed E-state index contributed by atoms with van der Waals surface area (Å²) in [5, 5.41) is 6.55. The molecule has 6 nitrogen and oxygen atoms in total. The normalized spacial score (nSPS) is 11.2. The van der Waals surface area contributed by atoms with Gasteiger partial charge in [0, 0.05) is 0 Å². The third kappa shape index (κ3) is 18.8. The number of benzene rings is 6. The summed E-state index contributed by atoms with van der Waals surface area (Å²) in [5.74, 6) is 2.52. The van der Waals surface area contributed by atoms with E-state index in [0.717, 1.165) is 89.0 Å². The van der Waals surface area contributed by atoms with Gasteiger partial charge in [0.05, 0.1) is 0 Å². The van der Waals surface area contributed by atoms with Crippen molar-refractivity contribution in [3.05, 3.63) is 179 Å². The van der Waals surface area contributed by atoms with Gasteiger partial charge >= 0.3 is 456 Å². The van der Waals surface area contributed by atoms with Gasteiger partial charge in [-0.15, -0.1) is 0 Å². The minimum absolute atomic E-state index is 0.344. The van der Waals surface area contributed by atoms with Gasteiger partial charge in [0.25, 0.3) is 0 Å². The van der Waals surface area contributed by atoms with Crippen LogP contribution in [-0.4, -0.2) is 144 Å². The number of hydrogen-bond donors (Lipinski definition) is 0. The van der Waals surface area contributed by atoms with Gasteiger partial charge in [-0.1, -0.05) is 0 Å². The molecule has 0 aliphatic rings. The number of hydrogen-bond acceptors (Lipinski definition) is 6. The number of aromatic nitrogens is 3. The Balaban J connectivity index is 1.23. The summed E-state index contributed by atoms with van der Waals surface area (Å²) in [7, 11) is 0. The summed E-state index contributed by atoms with van der Waals surface area (Å²) in [6, 6.07) is 54.9. The number of aryl methyl sites for hydroxylation is 6. The predicted molar refractivity (Wildman–Crippen MR) is 305 cm³/mol. The first-order chi connectivity index (χ1) is 33.6. The second-order valence-corrected chi connectivity index (χ2v) is 31.9. The van der Waals surface area contributed by atoms with E-state index in [4.69, 9.17) is 15.0 Å². The molecule has 69 heavy (non-hydrogen) atoms. The van der Waals surface area contributed by atoms with Crippen LogP contribution in [-0.2, 0) is 0 Å². The average molecular weight is 1310 g/mol. The molecule has 6 aromatic carbocycles. The number of nitrogens with zero attached hydrogens (tertiary/aromatic N) is 6. The molecule has 0 amide bonds. The van der Waals surface area contributed by atoms with Crippen molar-refractivity contribution in [1.29, 1.82) is 0 Å². The Labute approximate surface area is 451 Å². The average Bonchev–Trinajstić information content (AvgIpc) is 3.36. The molecule has 0 atom stereocenters. The summed E-state index contributed by atoms with van der Waals surface area (Å²) in [4.78, 5) is 24.3. The predicted octanol–water partition coefficient (Wildman–Crippen LogP) is 6.83. The quantitative estimate of drug-likeness (QED) is 0.0528. The third-order valence-electron chi connectivity index (χ3n) is 11.4. The van der Waals surface area contributed by atoms with E-state index in [1.54, 1.807) is 0 Å². The molecule has 0 unspecified atom stereocenters. The first-order valence-corrected chi connectivity index (χ1v) is 36.2. The van der Waals surface area contributed by atoms with Crippen molar-refractivity contribution in [2.45, 2.75) is 73.5 Å². The van der Waals surface area contributed by atoms with E-state index >= 15 is 0 Å². The van der Waals surface area contributed by atoms with Crippen molar-refractivity contribution in [2.75, 3.05) is 54.0 Å². The van der Waals surface area contributed by atoms with Gasteiger partial charge in [-0.3, -0.25) is 0 Å². The molecular weight excluding hydrogens is 1240 g/mol. The summed E-state index contributed by atoms with van der Waals surface area (Å²) in [6.45, 7) is 18.6. The van der Waals surface area contributed by atoms with Crippen LogP contribution in [0.15, 0.2) is 146 Å². The fourth-order valence-corrected chi connectivity index (χ4v) is 18.2. The van der Waals surface area contributed by atoms with E-state index in [9.17, 15) is 0 Å². The SMILES string of the molecule is Cc1ccc([Se]CCN(CC[Se]c2ccc(C)cc2)c2nc(N(CC[Se]c3ccc(C)cc3)CC[Se]c3ccc(C)cc3)nc(N(CC[Se]c3ccc(C)cc3)CC[Se]c3ccc(C)cc3)n2)cc1. The van der Waals surface area contributed by atoms with Crippen LogP contribution in [0.25, 0.3) is 0 Å². The Bertz CT molecular complexity index is 2120. The summed E-state index contributed by atoms with van der Waals surface area (Å²) in [6.07, 6.45) is 0. The zero-order valence-electron chi connectivity index (χ0n) is 41.0. The van der Waals surface area contributed by atoms with E-state index in [-0.39, 0.29) is 0 Å². The summed E-state index contributed by atoms with van der Waals surface area (Å²) < 4.78 is 8.68. The molecule has 1 aromatic heterocycles. The second kappa shape index (κ2) is 28.8. The van der Waals surface area contributed by atoms with Crippen molar-refractivity contribution in [1.82, 2.24) is 15.0 Å². The molecule has 0 bridgehead atoms. The van der Waals surface area contributed by atoms with Gasteiger partial charge in [-0.25, -0.2) is 0 Å². The molecule has 0 aliphatic carbocycles. The van der Waals surface area contributed by atoms with E-state index < -0.39 is 0 Å². The molecule has 1 heterocycles. The van der Waals surface area contributed by atoms with Gasteiger partial charge in [0.1, 0.15) is 0 Å². The van der Waals surface area contributed by atoms with Crippen LogP contribution in [0.3, 0.4) is 0 Å². The van der Waals surface area contributed by atoms with Gasteiger partial charge in [-0.05, 0) is 0 Å². The van der Waals surface area contributed by atoms with Gasteiger partial charge < -0.3 is 0 Å². The van der Waals surface area contributed by atoms with Crippen LogP contribution in [0.2, 0.25) is 31.9 Å². The van der Waals surface area contributed by atoms with Crippen LogP contribution < -0.4 is 41.5 Å². The van der Waals surface area contributed by atoms with Crippen molar-refractivity contribution in [3.8, 4) is 0 Å². The summed E-state index contributed by atoms with van der Waals surface area (Å²) in [5.41, 5.74) is 7.88. The minimum atomic E-state index is 0.344. The van der Waals surface area contributed by atoms with Gasteiger partial charge in [0.15, 0.2) is 0 Å². The first-order valence-electron chi connectivity index (χ1n) is 23.8. The Hall–Kier alpha value is -3.15. The Morgan fingerprint density at radius 1 is 0.246 bits per heavy atom. The Kier molecular flexibility index (Phi) is 22.4. The van der Waals surface area contributed by atoms with Gasteiger partial charge in [0.2, 0.25) is 0 Å². The van der Waals surface area contributed by atoms with E-state index in [0.29, 0.717) is 89.7 Å².